The zero-order valence-corrected chi connectivity index (χ0v) is 23.3. The van der Waals surface area contributed by atoms with Crippen molar-refractivity contribution in [3.63, 3.8) is 0 Å². The molecule has 0 aromatic heterocycles. The molecule has 2 amide bonds. The van der Waals surface area contributed by atoms with Gasteiger partial charge in [-0.1, -0.05) is 78.8 Å². The standard InChI is InChI=1S/C29H48N4O2/c1-10-13-14-25(16-15-22(4)12-3)23(5)20-24(6)33(19-18-31-26(34)21-30)28(35)27(29(7,8)9)32-17-11-2/h11,13-14,16-17,20,22H,5,10,12,15,18-19,21,30H2,1-4,6-9H3,(H,31,34)/b14-13-,17-11+,24-20+,25-16+,32-27?. The molecule has 6 nitrogen and oxygen atoms in total. The SMILES string of the molecule is C=C(/C=C(\C)N(CCNC(=O)CN)C(=O)C(=N/C=C/C)C(C)(C)C)C(/C=C\CC)=C/CC(C)CC. The van der Waals surface area contributed by atoms with E-state index in [-0.39, 0.29) is 24.9 Å². The molecule has 3 N–H and O–H groups in total. The number of amides is 2. The molecule has 0 aromatic rings. The molecule has 1 unspecified atom stereocenters. The Morgan fingerprint density at radius 1 is 1.23 bits per heavy atom. The first kappa shape index (κ1) is 32.3. The summed E-state index contributed by atoms with van der Waals surface area (Å²) in [5.74, 6) is 0.120. The minimum Gasteiger partial charge on any atom is -0.353 e. The highest BCUT2D eigenvalue weighted by Gasteiger charge is 2.30. The number of rotatable bonds is 14. The van der Waals surface area contributed by atoms with E-state index in [0.717, 1.165) is 36.1 Å². The molecule has 0 aliphatic heterocycles. The first-order valence-electron chi connectivity index (χ1n) is 12.6. The summed E-state index contributed by atoms with van der Waals surface area (Å²) >= 11 is 0. The van der Waals surface area contributed by atoms with Gasteiger partial charge in [0.05, 0.1) is 6.54 Å². The molecule has 196 valence electrons. The van der Waals surface area contributed by atoms with Crippen molar-refractivity contribution in [1.29, 1.82) is 0 Å². The van der Waals surface area contributed by atoms with Gasteiger partial charge in [0.1, 0.15) is 5.71 Å². The maximum Gasteiger partial charge on any atom is 0.272 e. The van der Waals surface area contributed by atoms with Crippen molar-refractivity contribution in [1.82, 2.24) is 10.2 Å². The topological polar surface area (TPSA) is 87.8 Å². The summed E-state index contributed by atoms with van der Waals surface area (Å²) in [7, 11) is 0. The van der Waals surface area contributed by atoms with Crippen LogP contribution in [0.4, 0.5) is 0 Å². The van der Waals surface area contributed by atoms with Crippen LogP contribution in [0.5, 0.6) is 0 Å². The molecule has 0 bridgehead atoms. The zero-order valence-electron chi connectivity index (χ0n) is 23.3. The fourth-order valence-electron chi connectivity index (χ4n) is 3.12. The highest BCUT2D eigenvalue weighted by molar-refractivity contribution is 6.41. The number of carbonyl (C=O) groups excluding carboxylic acids is 2. The van der Waals surface area contributed by atoms with Gasteiger partial charge in [0.25, 0.3) is 5.91 Å². The molecule has 35 heavy (non-hydrogen) atoms. The summed E-state index contributed by atoms with van der Waals surface area (Å²) < 4.78 is 0. The van der Waals surface area contributed by atoms with Gasteiger partial charge in [0.2, 0.25) is 5.91 Å². The molecule has 0 rings (SSSR count). The van der Waals surface area contributed by atoms with Gasteiger partial charge in [-0.3, -0.25) is 14.6 Å². The van der Waals surface area contributed by atoms with Crippen molar-refractivity contribution in [2.75, 3.05) is 19.6 Å². The molecule has 6 heteroatoms. The average Bonchev–Trinajstić information content (AvgIpc) is 2.80. The Morgan fingerprint density at radius 3 is 2.40 bits per heavy atom. The number of hydrogen-bond donors (Lipinski definition) is 2. The number of allylic oxidation sites excluding steroid dienone is 8. The van der Waals surface area contributed by atoms with Crippen LogP contribution in [0.1, 0.15) is 74.7 Å². The van der Waals surface area contributed by atoms with Gasteiger partial charge in [0, 0.05) is 30.4 Å². The van der Waals surface area contributed by atoms with Crippen LogP contribution in [0.2, 0.25) is 0 Å². The van der Waals surface area contributed by atoms with Crippen LogP contribution in [0.3, 0.4) is 0 Å². The van der Waals surface area contributed by atoms with Gasteiger partial charge >= 0.3 is 0 Å². The van der Waals surface area contributed by atoms with E-state index in [1.807, 2.05) is 40.7 Å². The molecular formula is C29H48N4O2. The van der Waals surface area contributed by atoms with E-state index in [1.165, 1.54) is 0 Å². The molecule has 0 radical (unpaired) electrons. The van der Waals surface area contributed by atoms with E-state index < -0.39 is 5.41 Å². The lowest BCUT2D eigenvalue weighted by Gasteiger charge is -2.29. The number of nitrogens with two attached hydrogens (primary N) is 1. The third-order valence-electron chi connectivity index (χ3n) is 5.50. The summed E-state index contributed by atoms with van der Waals surface area (Å²) in [5, 5.41) is 2.75. The smallest absolute Gasteiger partial charge is 0.272 e. The molecule has 0 saturated carbocycles. The predicted octanol–water partition coefficient (Wildman–Crippen LogP) is 5.70. The molecule has 0 spiro atoms. The Balaban J connectivity index is 6.26. The van der Waals surface area contributed by atoms with Crippen LogP contribution in [-0.2, 0) is 9.59 Å². The summed E-state index contributed by atoms with van der Waals surface area (Å²) in [6.07, 6.45) is 14.8. The molecule has 1 atom stereocenters. The maximum atomic E-state index is 13.7. The van der Waals surface area contributed by atoms with Crippen molar-refractivity contribution in [2.45, 2.75) is 74.7 Å². The van der Waals surface area contributed by atoms with Crippen LogP contribution in [0.25, 0.3) is 0 Å². The first-order chi connectivity index (χ1) is 16.4. The van der Waals surface area contributed by atoms with Crippen molar-refractivity contribution in [3.05, 3.63) is 60.0 Å². The fraction of sp³-hybridized carbons (Fsp3) is 0.552. The summed E-state index contributed by atoms with van der Waals surface area (Å²) in [6.45, 7) is 20.9. The summed E-state index contributed by atoms with van der Waals surface area (Å²) in [5.41, 5.74) is 8.01. The largest absolute Gasteiger partial charge is 0.353 e. The van der Waals surface area contributed by atoms with Gasteiger partial charge in [-0.25, -0.2) is 0 Å². The van der Waals surface area contributed by atoms with E-state index in [0.29, 0.717) is 18.2 Å². The van der Waals surface area contributed by atoms with Crippen LogP contribution >= 0.6 is 0 Å². The minimum absolute atomic E-state index is 0.0936. The van der Waals surface area contributed by atoms with Crippen molar-refractivity contribution < 1.29 is 9.59 Å². The van der Waals surface area contributed by atoms with Crippen molar-refractivity contribution >= 4 is 17.5 Å². The zero-order chi connectivity index (χ0) is 27.0. The quantitative estimate of drug-likeness (QED) is 0.245. The van der Waals surface area contributed by atoms with Gasteiger partial charge < -0.3 is 16.0 Å². The maximum absolute atomic E-state index is 13.7. The van der Waals surface area contributed by atoms with Gasteiger partial charge in [0.15, 0.2) is 0 Å². The highest BCUT2D eigenvalue weighted by atomic mass is 16.2. The minimum atomic E-state index is -0.460. The molecule has 0 heterocycles. The Labute approximate surface area is 213 Å². The van der Waals surface area contributed by atoms with E-state index in [4.69, 9.17) is 5.73 Å². The Kier molecular flexibility index (Phi) is 15.5. The summed E-state index contributed by atoms with van der Waals surface area (Å²) in [6, 6.07) is 0. The molecule has 0 aliphatic carbocycles. The Hall–Kier alpha value is -2.73. The van der Waals surface area contributed by atoms with Crippen LogP contribution in [0, 0.1) is 11.3 Å². The van der Waals surface area contributed by atoms with Gasteiger partial charge in [-0.05, 0) is 49.8 Å². The van der Waals surface area contributed by atoms with E-state index in [2.05, 4.69) is 55.9 Å². The fourth-order valence-corrected chi connectivity index (χ4v) is 3.12. The molecule has 0 aliphatic rings. The summed E-state index contributed by atoms with van der Waals surface area (Å²) in [4.78, 5) is 31.5. The third-order valence-corrected chi connectivity index (χ3v) is 5.50. The number of nitrogens with zero attached hydrogens (tertiary/aromatic N) is 2. The normalized spacial score (nSPS) is 14.5. The highest BCUT2D eigenvalue weighted by Crippen LogP contribution is 2.22. The monoisotopic (exact) mass is 484 g/mol. The lowest BCUT2D eigenvalue weighted by atomic mass is 9.88. The molecule has 0 saturated heterocycles. The van der Waals surface area contributed by atoms with Crippen LogP contribution < -0.4 is 11.1 Å². The lowest BCUT2D eigenvalue weighted by Crippen LogP contribution is -2.45. The van der Waals surface area contributed by atoms with Crippen LogP contribution in [0.15, 0.2) is 65.0 Å². The second kappa shape index (κ2) is 16.8. The lowest BCUT2D eigenvalue weighted by molar-refractivity contribution is -0.124. The number of hydrogen-bond acceptors (Lipinski definition) is 4. The van der Waals surface area contributed by atoms with Crippen molar-refractivity contribution in [3.8, 4) is 0 Å². The van der Waals surface area contributed by atoms with E-state index in [1.54, 1.807) is 17.2 Å². The Bertz CT molecular complexity index is 854. The van der Waals surface area contributed by atoms with E-state index in [9.17, 15) is 9.59 Å². The number of nitrogens with one attached hydrogen (secondary N) is 1. The predicted molar refractivity (Wildman–Crippen MR) is 150 cm³/mol. The first-order valence-corrected chi connectivity index (χ1v) is 12.6. The van der Waals surface area contributed by atoms with Gasteiger partial charge in [-0.2, -0.15) is 0 Å². The van der Waals surface area contributed by atoms with Crippen LogP contribution in [-0.4, -0.2) is 42.1 Å². The third kappa shape index (κ3) is 12.5. The number of aliphatic imine (C=N–C) groups is 1. The molecular weight excluding hydrogens is 436 g/mol. The average molecular weight is 485 g/mol. The van der Waals surface area contributed by atoms with Crippen molar-refractivity contribution in [2.24, 2.45) is 22.1 Å². The Morgan fingerprint density at radius 2 is 1.89 bits per heavy atom. The molecule has 0 fully saturated rings. The van der Waals surface area contributed by atoms with Gasteiger partial charge in [-0.15, -0.1) is 0 Å². The second-order valence-electron chi connectivity index (χ2n) is 9.75. The van der Waals surface area contributed by atoms with E-state index >= 15 is 0 Å². The number of carbonyl (C=O) groups is 2. The second-order valence-corrected chi connectivity index (χ2v) is 9.75. The molecule has 0 aromatic carbocycles.